The highest BCUT2D eigenvalue weighted by Gasteiger charge is 2.55. The van der Waals surface area contributed by atoms with Crippen molar-refractivity contribution in [2.45, 2.75) is 18.9 Å². The molecular weight excluding hydrogens is 298 g/mol. The zero-order valence-corrected chi connectivity index (χ0v) is 12.7. The van der Waals surface area contributed by atoms with Gasteiger partial charge in [-0.05, 0) is 19.1 Å². The maximum atomic E-state index is 11.8. The zero-order chi connectivity index (χ0) is 16.3. The number of para-hydroxylation sites is 1. The number of carbonyl (C=O) groups excluding carboxylic acids is 2. The largest absolute Gasteiger partial charge is 0.463 e. The minimum absolute atomic E-state index is 0.183. The molecule has 2 N–H and O–H groups in total. The van der Waals surface area contributed by atoms with E-state index in [0.29, 0.717) is 18.0 Å². The number of piperidine rings is 1. The van der Waals surface area contributed by atoms with Gasteiger partial charge in [0.1, 0.15) is 11.3 Å². The number of rotatable bonds is 4. The average Bonchev–Trinajstić information content (AvgIpc) is 3.27. The topological polar surface area (TPSA) is 92.3 Å². The van der Waals surface area contributed by atoms with E-state index in [1.807, 2.05) is 30.3 Å². The number of carbonyl (C=O) groups is 2. The SMILES string of the molecule is CCOC(=O)/C=C1\NC(=O)CC2(CO2)\C1=N/Nc1ccccc1. The fraction of sp³-hybridized carbons (Fsp3) is 0.312. The number of hydrogen-bond acceptors (Lipinski definition) is 6. The van der Waals surface area contributed by atoms with Crippen LogP contribution in [0.15, 0.2) is 47.2 Å². The maximum Gasteiger partial charge on any atom is 0.332 e. The molecule has 1 aromatic carbocycles. The molecule has 1 aromatic rings. The van der Waals surface area contributed by atoms with E-state index >= 15 is 0 Å². The van der Waals surface area contributed by atoms with Crippen molar-refractivity contribution in [1.29, 1.82) is 0 Å². The van der Waals surface area contributed by atoms with Crippen LogP contribution in [0.4, 0.5) is 5.69 Å². The first-order valence-corrected chi connectivity index (χ1v) is 7.35. The fourth-order valence-electron chi connectivity index (χ4n) is 2.37. The third kappa shape index (κ3) is 3.40. The molecule has 7 nitrogen and oxygen atoms in total. The molecule has 0 aliphatic carbocycles. The Bertz CT molecular complexity index is 678. The van der Waals surface area contributed by atoms with Gasteiger partial charge >= 0.3 is 5.97 Å². The molecule has 2 aliphatic rings. The third-order valence-electron chi connectivity index (χ3n) is 3.52. The molecule has 2 heterocycles. The lowest BCUT2D eigenvalue weighted by Crippen LogP contribution is -2.45. The van der Waals surface area contributed by atoms with Gasteiger partial charge in [-0.3, -0.25) is 10.2 Å². The van der Waals surface area contributed by atoms with Gasteiger partial charge in [-0.1, -0.05) is 18.2 Å². The number of ether oxygens (including phenoxy) is 2. The van der Waals surface area contributed by atoms with Crippen LogP contribution in [0.5, 0.6) is 0 Å². The Balaban J connectivity index is 1.88. The summed E-state index contributed by atoms with van der Waals surface area (Å²) < 4.78 is 10.4. The van der Waals surface area contributed by atoms with Crippen LogP contribution in [0.1, 0.15) is 13.3 Å². The van der Waals surface area contributed by atoms with E-state index in [1.165, 1.54) is 6.08 Å². The molecule has 1 unspecified atom stereocenters. The molecule has 0 bridgehead atoms. The summed E-state index contributed by atoms with van der Waals surface area (Å²) in [6.07, 6.45) is 1.41. The van der Waals surface area contributed by atoms with Crippen LogP contribution in [0.2, 0.25) is 0 Å². The van der Waals surface area contributed by atoms with Gasteiger partial charge in [-0.15, -0.1) is 0 Å². The highest BCUT2D eigenvalue weighted by Crippen LogP contribution is 2.37. The molecule has 2 fully saturated rings. The molecule has 2 saturated heterocycles. The highest BCUT2D eigenvalue weighted by molar-refractivity contribution is 6.16. The van der Waals surface area contributed by atoms with Gasteiger partial charge in [0.05, 0.1) is 31.0 Å². The van der Waals surface area contributed by atoms with Gasteiger partial charge in [0.15, 0.2) is 0 Å². The van der Waals surface area contributed by atoms with E-state index in [1.54, 1.807) is 6.92 Å². The maximum absolute atomic E-state index is 11.8. The average molecular weight is 315 g/mol. The van der Waals surface area contributed by atoms with Gasteiger partial charge in [-0.25, -0.2) is 4.79 Å². The minimum atomic E-state index is -0.748. The standard InChI is InChI=1S/C16H17N3O4/c1-2-22-14(21)8-12-15(16(10-23-16)9-13(20)17-12)19-18-11-6-4-3-5-7-11/h3-8,18H,2,9-10H2,1H3,(H,17,20)/b12-8-,19-15-. The lowest BCUT2D eigenvalue weighted by molar-refractivity contribution is -0.137. The summed E-state index contributed by atoms with van der Waals surface area (Å²) in [5.41, 5.74) is 3.77. The Morgan fingerprint density at radius 2 is 2.22 bits per heavy atom. The third-order valence-corrected chi connectivity index (χ3v) is 3.52. The fourth-order valence-corrected chi connectivity index (χ4v) is 2.37. The summed E-state index contributed by atoms with van der Waals surface area (Å²) in [7, 11) is 0. The van der Waals surface area contributed by atoms with Crippen LogP contribution in [0.25, 0.3) is 0 Å². The summed E-state index contributed by atoms with van der Waals surface area (Å²) in [5, 5.41) is 7.01. The zero-order valence-electron chi connectivity index (χ0n) is 12.7. The van der Waals surface area contributed by atoms with Crippen molar-refractivity contribution < 1.29 is 19.1 Å². The second kappa shape index (κ2) is 6.21. The van der Waals surface area contributed by atoms with Crippen molar-refractivity contribution in [3.05, 3.63) is 42.1 Å². The number of benzene rings is 1. The van der Waals surface area contributed by atoms with Gasteiger partial charge < -0.3 is 14.8 Å². The van der Waals surface area contributed by atoms with Gasteiger partial charge in [-0.2, -0.15) is 5.10 Å². The number of anilines is 1. The Morgan fingerprint density at radius 3 is 2.87 bits per heavy atom. The van der Waals surface area contributed by atoms with Crippen LogP contribution >= 0.6 is 0 Å². The van der Waals surface area contributed by atoms with Crippen molar-refractivity contribution in [3.8, 4) is 0 Å². The molecule has 7 heteroatoms. The van der Waals surface area contributed by atoms with E-state index in [2.05, 4.69) is 15.8 Å². The van der Waals surface area contributed by atoms with E-state index in [9.17, 15) is 9.59 Å². The lowest BCUT2D eigenvalue weighted by Gasteiger charge is -2.23. The molecule has 0 aromatic heterocycles. The number of nitrogens with zero attached hydrogens (tertiary/aromatic N) is 1. The summed E-state index contributed by atoms with van der Waals surface area (Å²) in [5.74, 6) is -0.746. The van der Waals surface area contributed by atoms with Gasteiger partial charge in [0.25, 0.3) is 0 Å². The second-order valence-electron chi connectivity index (χ2n) is 5.26. The normalized spacial score (nSPS) is 26.2. The van der Waals surface area contributed by atoms with Crippen molar-refractivity contribution in [3.63, 3.8) is 0 Å². The minimum Gasteiger partial charge on any atom is -0.463 e. The molecule has 2 aliphatic heterocycles. The van der Waals surface area contributed by atoms with Crippen LogP contribution in [-0.2, 0) is 19.1 Å². The first-order valence-electron chi connectivity index (χ1n) is 7.35. The Labute approximate surface area is 133 Å². The van der Waals surface area contributed by atoms with E-state index in [-0.39, 0.29) is 18.9 Å². The number of epoxide rings is 1. The van der Waals surface area contributed by atoms with Crippen molar-refractivity contribution in [2.24, 2.45) is 5.10 Å². The van der Waals surface area contributed by atoms with Crippen molar-refractivity contribution >= 4 is 23.3 Å². The Morgan fingerprint density at radius 1 is 1.48 bits per heavy atom. The molecular formula is C16H17N3O4. The predicted octanol–water partition coefficient (Wildman–Crippen LogP) is 1.19. The van der Waals surface area contributed by atoms with Crippen LogP contribution in [0.3, 0.4) is 0 Å². The van der Waals surface area contributed by atoms with Gasteiger partial charge in [0, 0.05) is 6.08 Å². The molecule has 0 saturated carbocycles. The molecule has 23 heavy (non-hydrogen) atoms. The molecule has 0 radical (unpaired) electrons. The number of amides is 1. The Hall–Kier alpha value is -2.67. The smallest absolute Gasteiger partial charge is 0.332 e. The van der Waals surface area contributed by atoms with E-state index < -0.39 is 11.6 Å². The van der Waals surface area contributed by atoms with Crippen molar-refractivity contribution in [2.75, 3.05) is 18.6 Å². The van der Waals surface area contributed by atoms with E-state index in [4.69, 9.17) is 9.47 Å². The molecule has 1 amide bonds. The summed E-state index contributed by atoms with van der Waals surface area (Å²) in [6.45, 7) is 2.37. The number of hydrazone groups is 1. The monoisotopic (exact) mass is 315 g/mol. The van der Waals surface area contributed by atoms with Crippen LogP contribution in [0, 0.1) is 0 Å². The number of nitrogens with one attached hydrogen (secondary N) is 2. The van der Waals surface area contributed by atoms with Crippen LogP contribution < -0.4 is 10.7 Å². The molecule has 1 atom stereocenters. The number of hydrogen-bond donors (Lipinski definition) is 2. The second-order valence-corrected chi connectivity index (χ2v) is 5.26. The predicted molar refractivity (Wildman–Crippen MR) is 83.7 cm³/mol. The molecule has 1 spiro atoms. The summed E-state index contributed by atoms with van der Waals surface area (Å²) >= 11 is 0. The highest BCUT2D eigenvalue weighted by atomic mass is 16.6. The molecule has 120 valence electrons. The van der Waals surface area contributed by atoms with Crippen LogP contribution in [-0.4, -0.2) is 36.4 Å². The Kier molecular flexibility index (Phi) is 4.12. The van der Waals surface area contributed by atoms with Crippen molar-refractivity contribution in [1.82, 2.24) is 5.32 Å². The lowest BCUT2D eigenvalue weighted by atomic mass is 9.93. The first-order chi connectivity index (χ1) is 11.1. The quantitative estimate of drug-likeness (QED) is 0.377. The number of esters is 1. The summed E-state index contributed by atoms with van der Waals surface area (Å²) in [4.78, 5) is 23.5. The summed E-state index contributed by atoms with van der Waals surface area (Å²) in [6, 6.07) is 9.38. The first kappa shape index (κ1) is 15.2. The molecule has 3 rings (SSSR count). The van der Waals surface area contributed by atoms with E-state index in [0.717, 1.165) is 5.69 Å². The van der Waals surface area contributed by atoms with Gasteiger partial charge in [0.2, 0.25) is 5.91 Å².